The van der Waals surface area contributed by atoms with Gasteiger partial charge in [-0.3, -0.25) is 4.98 Å². The highest BCUT2D eigenvalue weighted by molar-refractivity contribution is 6.01. The molecule has 0 amide bonds. The van der Waals surface area contributed by atoms with E-state index in [1.54, 1.807) is 0 Å². The van der Waals surface area contributed by atoms with Crippen LogP contribution in [0.1, 0.15) is 5.56 Å². The van der Waals surface area contributed by atoms with E-state index < -0.39 is 0 Å². The standard InChI is InChI=1S/C33H23N3/c1-22-32(25-17-15-23(16-18-25)28-19-27-12-6-8-14-30(27)34-21-28)35-36-31(24-9-3-2-4-10-24)20-26-11-5-7-13-29(26)33(22)36/h2-21H,1H3. The molecule has 170 valence electrons. The van der Waals surface area contributed by atoms with Crippen LogP contribution in [0.4, 0.5) is 0 Å². The topological polar surface area (TPSA) is 30.2 Å². The lowest BCUT2D eigenvalue weighted by atomic mass is 10.00. The van der Waals surface area contributed by atoms with Crippen molar-refractivity contribution in [2.24, 2.45) is 0 Å². The average molecular weight is 462 g/mol. The number of para-hydroxylation sites is 1. The van der Waals surface area contributed by atoms with Gasteiger partial charge in [-0.2, -0.15) is 5.10 Å². The molecule has 0 fully saturated rings. The fourth-order valence-electron chi connectivity index (χ4n) is 5.17. The molecular weight excluding hydrogens is 438 g/mol. The molecule has 3 aromatic heterocycles. The van der Waals surface area contributed by atoms with Crippen molar-refractivity contribution in [3.63, 3.8) is 0 Å². The third kappa shape index (κ3) is 3.29. The summed E-state index contributed by atoms with van der Waals surface area (Å²) in [5.74, 6) is 0. The van der Waals surface area contributed by atoms with Crippen LogP contribution in [0.2, 0.25) is 0 Å². The Morgan fingerprint density at radius 2 is 1.28 bits per heavy atom. The van der Waals surface area contributed by atoms with Crippen LogP contribution in [0.15, 0.2) is 121 Å². The smallest absolute Gasteiger partial charge is 0.0963 e. The molecule has 0 spiro atoms. The van der Waals surface area contributed by atoms with Crippen molar-refractivity contribution < 1.29 is 0 Å². The molecule has 36 heavy (non-hydrogen) atoms. The summed E-state index contributed by atoms with van der Waals surface area (Å²) in [5, 5.41) is 8.74. The van der Waals surface area contributed by atoms with Crippen LogP contribution in [0.3, 0.4) is 0 Å². The first-order valence-corrected chi connectivity index (χ1v) is 12.2. The molecule has 0 saturated heterocycles. The Bertz CT molecular complexity index is 1880. The zero-order valence-electron chi connectivity index (χ0n) is 19.9. The lowest BCUT2D eigenvalue weighted by Crippen LogP contribution is -1.95. The van der Waals surface area contributed by atoms with Crippen molar-refractivity contribution >= 4 is 27.2 Å². The van der Waals surface area contributed by atoms with Crippen molar-refractivity contribution in [3.05, 3.63) is 127 Å². The quantitative estimate of drug-likeness (QED) is 0.265. The van der Waals surface area contributed by atoms with Gasteiger partial charge < -0.3 is 0 Å². The number of nitrogens with zero attached hydrogens (tertiary/aromatic N) is 3. The van der Waals surface area contributed by atoms with E-state index in [0.717, 1.165) is 50.1 Å². The van der Waals surface area contributed by atoms with Gasteiger partial charge in [0.1, 0.15) is 0 Å². The molecule has 7 rings (SSSR count). The Morgan fingerprint density at radius 3 is 2.11 bits per heavy atom. The van der Waals surface area contributed by atoms with Gasteiger partial charge in [0.25, 0.3) is 0 Å². The van der Waals surface area contributed by atoms with Crippen LogP contribution < -0.4 is 0 Å². The van der Waals surface area contributed by atoms with Crippen LogP contribution in [0.25, 0.3) is 60.8 Å². The van der Waals surface area contributed by atoms with Crippen molar-refractivity contribution in [2.45, 2.75) is 6.92 Å². The molecular formula is C33H23N3. The van der Waals surface area contributed by atoms with E-state index >= 15 is 0 Å². The molecule has 0 atom stereocenters. The summed E-state index contributed by atoms with van der Waals surface area (Å²) >= 11 is 0. The first-order valence-electron chi connectivity index (χ1n) is 12.2. The molecule has 0 aliphatic rings. The number of fused-ring (bicyclic) bond motifs is 4. The Labute approximate surface area is 209 Å². The fourth-order valence-corrected chi connectivity index (χ4v) is 5.17. The molecule has 7 aromatic rings. The second kappa shape index (κ2) is 8.17. The summed E-state index contributed by atoms with van der Waals surface area (Å²) in [6.07, 6.45) is 1.95. The lowest BCUT2D eigenvalue weighted by Gasteiger charge is -2.09. The molecule has 3 heterocycles. The highest BCUT2D eigenvalue weighted by Crippen LogP contribution is 2.35. The van der Waals surface area contributed by atoms with Gasteiger partial charge in [-0.05, 0) is 36.1 Å². The van der Waals surface area contributed by atoms with E-state index in [9.17, 15) is 0 Å². The van der Waals surface area contributed by atoms with E-state index in [1.807, 2.05) is 24.4 Å². The Morgan fingerprint density at radius 1 is 0.583 bits per heavy atom. The molecule has 0 N–H and O–H groups in total. The Hall–Kier alpha value is -4.76. The Kier molecular flexibility index (Phi) is 4.68. The zero-order chi connectivity index (χ0) is 24.1. The number of aromatic nitrogens is 3. The maximum atomic E-state index is 5.16. The molecule has 0 unspecified atom stereocenters. The molecule has 3 heteroatoms. The van der Waals surface area contributed by atoms with Crippen molar-refractivity contribution in [3.8, 4) is 33.6 Å². The third-order valence-corrected chi connectivity index (χ3v) is 7.01. The maximum Gasteiger partial charge on any atom is 0.0963 e. The summed E-state index contributed by atoms with van der Waals surface area (Å²) < 4.78 is 2.11. The molecule has 0 radical (unpaired) electrons. The van der Waals surface area contributed by atoms with E-state index in [0.29, 0.717) is 0 Å². The van der Waals surface area contributed by atoms with Crippen LogP contribution in [0, 0.1) is 6.92 Å². The van der Waals surface area contributed by atoms with Gasteiger partial charge in [0, 0.05) is 39.2 Å². The molecule has 0 saturated carbocycles. The van der Waals surface area contributed by atoms with Crippen LogP contribution >= 0.6 is 0 Å². The predicted octanol–water partition coefficient (Wildman–Crippen LogP) is 8.35. The van der Waals surface area contributed by atoms with E-state index in [-0.39, 0.29) is 0 Å². The van der Waals surface area contributed by atoms with Crippen LogP contribution in [0.5, 0.6) is 0 Å². The number of hydrogen-bond donors (Lipinski definition) is 0. The van der Waals surface area contributed by atoms with Gasteiger partial charge in [-0.25, -0.2) is 4.52 Å². The summed E-state index contributed by atoms with van der Waals surface area (Å²) in [5.41, 5.74) is 9.98. The minimum Gasteiger partial charge on any atom is -0.256 e. The molecule has 0 bridgehead atoms. The third-order valence-electron chi connectivity index (χ3n) is 7.01. The number of hydrogen-bond acceptors (Lipinski definition) is 2. The van der Waals surface area contributed by atoms with Crippen molar-refractivity contribution in [1.82, 2.24) is 14.6 Å². The van der Waals surface area contributed by atoms with Gasteiger partial charge in [0.15, 0.2) is 0 Å². The normalized spacial score (nSPS) is 11.5. The van der Waals surface area contributed by atoms with E-state index in [1.165, 1.54) is 16.3 Å². The van der Waals surface area contributed by atoms with E-state index in [2.05, 4.69) is 113 Å². The minimum absolute atomic E-state index is 1.01. The molecule has 0 aliphatic carbocycles. The number of pyridine rings is 2. The first kappa shape index (κ1) is 20.6. The van der Waals surface area contributed by atoms with Crippen molar-refractivity contribution in [2.75, 3.05) is 0 Å². The summed E-state index contributed by atoms with van der Waals surface area (Å²) in [6, 6.07) is 40.4. The highest BCUT2D eigenvalue weighted by atomic mass is 15.2. The number of rotatable bonds is 3. The van der Waals surface area contributed by atoms with Gasteiger partial charge in [-0.1, -0.05) is 97.1 Å². The minimum atomic E-state index is 1.01. The Balaban J connectivity index is 1.38. The second-order valence-corrected chi connectivity index (χ2v) is 9.21. The van der Waals surface area contributed by atoms with E-state index in [4.69, 9.17) is 5.10 Å². The van der Waals surface area contributed by atoms with Gasteiger partial charge in [0.05, 0.1) is 22.4 Å². The summed E-state index contributed by atoms with van der Waals surface area (Å²) in [6.45, 7) is 2.18. The SMILES string of the molecule is Cc1c(-c2ccc(-c3cnc4ccccc4c3)cc2)nn2c(-c3ccccc3)cc3ccccc3c12. The zero-order valence-corrected chi connectivity index (χ0v) is 19.9. The lowest BCUT2D eigenvalue weighted by molar-refractivity contribution is 0.979. The molecule has 4 aromatic carbocycles. The predicted molar refractivity (Wildman–Crippen MR) is 149 cm³/mol. The van der Waals surface area contributed by atoms with Gasteiger partial charge >= 0.3 is 0 Å². The monoisotopic (exact) mass is 461 g/mol. The molecule has 0 aliphatic heterocycles. The average Bonchev–Trinajstić information content (AvgIpc) is 3.30. The van der Waals surface area contributed by atoms with Crippen LogP contribution in [-0.4, -0.2) is 14.6 Å². The second-order valence-electron chi connectivity index (χ2n) is 9.21. The number of aryl methyl sites for hydroxylation is 1. The largest absolute Gasteiger partial charge is 0.256 e. The van der Waals surface area contributed by atoms with Crippen LogP contribution in [-0.2, 0) is 0 Å². The van der Waals surface area contributed by atoms with Crippen molar-refractivity contribution in [1.29, 1.82) is 0 Å². The number of benzene rings is 4. The van der Waals surface area contributed by atoms with Gasteiger partial charge in [0.2, 0.25) is 0 Å². The molecule has 3 nitrogen and oxygen atoms in total. The highest BCUT2D eigenvalue weighted by Gasteiger charge is 2.17. The fraction of sp³-hybridized carbons (Fsp3) is 0.0303. The first-order chi connectivity index (χ1) is 17.8. The summed E-state index contributed by atoms with van der Waals surface area (Å²) in [7, 11) is 0. The van der Waals surface area contributed by atoms with Gasteiger partial charge in [-0.15, -0.1) is 0 Å². The summed E-state index contributed by atoms with van der Waals surface area (Å²) in [4.78, 5) is 4.63. The maximum absolute atomic E-state index is 5.16.